The van der Waals surface area contributed by atoms with E-state index in [-0.39, 0.29) is 69.1 Å². The molecule has 0 aromatic heterocycles. The minimum Gasteiger partial charge on any atom is -0.493 e. The number of aliphatic hydroxyl groups excluding tert-OH is 2. The van der Waals surface area contributed by atoms with Gasteiger partial charge in [-0.15, -0.1) is 13.2 Å². The van der Waals surface area contributed by atoms with Crippen molar-refractivity contribution < 1.29 is 46.1 Å². The molecule has 3 N–H and O–H groups in total. The van der Waals surface area contributed by atoms with Crippen molar-refractivity contribution >= 4 is 21.8 Å². The summed E-state index contributed by atoms with van der Waals surface area (Å²) in [6.07, 6.45) is -4.98. The molecule has 2 aromatic rings. The van der Waals surface area contributed by atoms with Crippen LogP contribution in [0.4, 0.5) is 13.2 Å². The molecule has 0 radical (unpaired) electrons. The second-order valence-corrected chi connectivity index (χ2v) is 12.1. The first-order chi connectivity index (χ1) is 19.3. The molecule has 1 saturated heterocycles. The van der Waals surface area contributed by atoms with Gasteiger partial charge in [0.2, 0.25) is 10.0 Å². The molecule has 41 heavy (non-hydrogen) atoms. The van der Waals surface area contributed by atoms with Gasteiger partial charge >= 0.3 is 6.36 Å². The number of nitrogens with one attached hydrogen (secondary N) is 1. The number of benzene rings is 2. The van der Waals surface area contributed by atoms with Gasteiger partial charge in [0.15, 0.2) is 0 Å². The molecule has 1 fully saturated rings. The molecule has 14 heteroatoms. The summed E-state index contributed by atoms with van der Waals surface area (Å²) in [4.78, 5) is 17.4. The Kier molecular flexibility index (Phi) is 9.26. The fourth-order valence-corrected chi connectivity index (χ4v) is 6.22. The molecule has 1 atom stereocenters. The average molecular weight is 600 g/mol. The summed E-state index contributed by atoms with van der Waals surface area (Å²) in [5, 5.41) is 21.0. The third-order valence-corrected chi connectivity index (χ3v) is 9.02. The highest BCUT2D eigenvalue weighted by molar-refractivity contribution is 7.89. The van der Waals surface area contributed by atoms with Gasteiger partial charge in [0.25, 0.3) is 5.91 Å². The molecule has 1 spiro atoms. The van der Waals surface area contributed by atoms with E-state index in [1.54, 1.807) is 12.1 Å². The number of halogens is 3. The number of nitrogens with zero attached hydrogens (tertiary/aromatic N) is 2. The second-order valence-electron chi connectivity index (χ2n) is 10.0. The van der Waals surface area contributed by atoms with Crippen LogP contribution < -0.4 is 14.8 Å². The fraction of sp³-hybridized carbons (Fsp3) is 0.481. The summed E-state index contributed by atoms with van der Waals surface area (Å²) in [5.41, 5.74) is 0.741. The van der Waals surface area contributed by atoms with Gasteiger partial charge in [0, 0.05) is 25.1 Å². The van der Waals surface area contributed by atoms with Gasteiger partial charge in [-0.2, -0.15) is 0 Å². The molecule has 2 aliphatic rings. The molecule has 10 nitrogen and oxygen atoms in total. The van der Waals surface area contributed by atoms with Crippen LogP contribution in [0.5, 0.6) is 11.5 Å². The predicted molar refractivity (Wildman–Crippen MR) is 143 cm³/mol. The molecule has 2 aliphatic heterocycles. The number of aryl methyl sites for hydroxylation is 2. The highest BCUT2D eigenvalue weighted by Gasteiger charge is 2.47. The van der Waals surface area contributed by atoms with Crippen LogP contribution in [0.1, 0.15) is 36.0 Å². The molecule has 0 bridgehead atoms. The van der Waals surface area contributed by atoms with Crippen LogP contribution in [0.3, 0.4) is 0 Å². The number of hydrogen-bond donors (Lipinski definition) is 3. The number of carbonyl (C=O) groups excluding carboxylic acids is 1. The lowest BCUT2D eigenvalue weighted by molar-refractivity contribution is -0.274. The Labute approximate surface area is 235 Å². The van der Waals surface area contributed by atoms with E-state index in [0.717, 1.165) is 23.3 Å². The SMILES string of the molecule is Cc1ccc(OCCC(O)CO)cc1CCS(=O)(=O)N1CCC2(CC1)N=C(c1cccc(OC(F)(F)F)c1)NC2=O. The van der Waals surface area contributed by atoms with E-state index in [4.69, 9.17) is 9.84 Å². The minimum absolute atomic E-state index is 0.0685. The molecular weight excluding hydrogens is 567 g/mol. The summed E-state index contributed by atoms with van der Waals surface area (Å²) in [6.45, 7) is 1.84. The van der Waals surface area contributed by atoms with E-state index in [1.807, 2.05) is 13.0 Å². The number of piperidine rings is 1. The number of amides is 1. The quantitative estimate of drug-likeness (QED) is 0.361. The van der Waals surface area contributed by atoms with Crippen molar-refractivity contribution in [3.05, 3.63) is 59.2 Å². The summed E-state index contributed by atoms with van der Waals surface area (Å²) >= 11 is 0. The van der Waals surface area contributed by atoms with E-state index >= 15 is 0 Å². The monoisotopic (exact) mass is 599 g/mol. The van der Waals surface area contributed by atoms with Gasteiger partial charge in [0.1, 0.15) is 22.9 Å². The van der Waals surface area contributed by atoms with Crippen molar-refractivity contribution in [2.24, 2.45) is 4.99 Å². The Morgan fingerprint density at radius 3 is 2.56 bits per heavy atom. The molecule has 1 amide bonds. The first-order valence-electron chi connectivity index (χ1n) is 13.1. The topological polar surface area (TPSA) is 138 Å². The first kappa shape index (κ1) is 30.8. The Balaban J connectivity index is 1.37. The second kappa shape index (κ2) is 12.3. The van der Waals surface area contributed by atoms with Gasteiger partial charge < -0.3 is 25.0 Å². The molecule has 2 aromatic carbocycles. The predicted octanol–water partition coefficient (Wildman–Crippen LogP) is 2.30. The van der Waals surface area contributed by atoms with Crippen LogP contribution in [-0.2, 0) is 21.2 Å². The number of amidine groups is 1. The van der Waals surface area contributed by atoms with Crippen LogP contribution in [0.2, 0.25) is 0 Å². The number of sulfonamides is 1. The molecule has 4 rings (SSSR count). The van der Waals surface area contributed by atoms with Crippen molar-refractivity contribution in [1.82, 2.24) is 9.62 Å². The summed E-state index contributed by atoms with van der Waals surface area (Å²) in [7, 11) is -3.67. The normalized spacial score (nSPS) is 18.2. The van der Waals surface area contributed by atoms with E-state index in [1.165, 1.54) is 16.4 Å². The smallest absolute Gasteiger partial charge is 0.493 e. The number of aliphatic hydroxyl groups is 2. The van der Waals surface area contributed by atoms with E-state index in [9.17, 15) is 31.5 Å². The number of hydrogen-bond acceptors (Lipinski definition) is 8. The molecule has 2 heterocycles. The zero-order chi connectivity index (χ0) is 29.8. The van der Waals surface area contributed by atoms with Crippen molar-refractivity contribution in [2.45, 2.75) is 50.6 Å². The van der Waals surface area contributed by atoms with Gasteiger partial charge in [0.05, 0.1) is 25.1 Å². The maximum absolute atomic E-state index is 13.2. The van der Waals surface area contributed by atoms with Crippen LogP contribution >= 0.6 is 0 Å². The third kappa shape index (κ3) is 7.76. The fourth-order valence-electron chi connectivity index (χ4n) is 4.75. The zero-order valence-corrected chi connectivity index (χ0v) is 23.2. The lowest BCUT2D eigenvalue weighted by Crippen LogP contribution is -2.50. The summed E-state index contributed by atoms with van der Waals surface area (Å²) < 4.78 is 75.0. The van der Waals surface area contributed by atoms with Crippen molar-refractivity contribution in [2.75, 3.05) is 32.1 Å². The zero-order valence-electron chi connectivity index (χ0n) is 22.4. The van der Waals surface area contributed by atoms with Crippen LogP contribution in [0, 0.1) is 6.92 Å². The molecular formula is C27H32F3N3O7S. The minimum atomic E-state index is -4.86. The first-order valence-corrected chi connectivity index (χ1v) is 14.7. The molecule has 0 saturated carbocycles. The van der Waals surface area contributed by atoms with Crippen LogP contribution in [-0.4, -0.2) is 84.7 Å². The molecule has 0 aliphatic carbocycles. The third-order valence-electron chi connectivity index (χ3n) is 7.14. The van der Waals surface area contributed by atoms with Crippen LogP contribution in [0.25, 0.3) is 0 Å². The standard InChI is InChI=1S/C27H32F3N3O7S/c1-18-5-6-22(39-13-7-21(35)17-34)15-19(18)8-14-41(37,38)33-11-9-26(10-12-33)25(36)31-24(32-26)20-3-2-4-23(16-20)40-27(28,29)30/h2-6,15-16,21,34-35H,7-14,17H2,1H3,(H,31,32,36). The van der Waals surface area contributed by atoms with Gasteiger partial charge in [-0.1, -0.05) is 18.2 Å². The van der Waals surface area contributed by atoms with Gasteiger partial charge in [-0.3, -0.25) is 9.79 Å². The van der Waals surface area contributed by atoms with Gasteiger partial charge in [-0.25, -0.2) is 12.7 Å². The van der Waals surface area contributed by atoms with E-state index in [0.29, 0.717) is 5.75 Å². The van der Waals surface area contributed by atoms with E-state index < -0.39 is 39.7 Å². The summed E-state index contributed by atoms with van der Waals surface area (Å²) in [5.74, 6) is -0.376. The van der Waals surface area contributed by atoms with E-state index in [2.05, 4.69) is 15.0 Å². The van der Waals surface area contributed by atoms with Crippen molar-refractivity contribution in [3.63, 3.8) is 0 Å². The number of ether oxygens (including phenoxy) is 2. The Bertz CT molecular complexity index is 1390. The Hall–Kier alpha value is -3.20. The molecule has 1 unspecified atom stereocenters. The molecule has 224 valence electrons. The lowest BCUT2D eigenvalue weighted by atomic mass is 9.89. The largest absolute Gasteiger partial charge is 0.573 e. The lowest BCUT2D eigenvalue weighted by Gasteiger charge is -2.34. The Morgan fingerprint density at radius 1 is 1.15 bits per heavy atom. The highest BCUT2D eigenvalue weighted by atomic mass is 32.2. The average Bonchev–Trinajstić information content (AvgIpc) is 3.23. The maximum Gasteiger partial charge on any atom is 0.573 e. The highest BCUT2D eigenvalue weighted by Crippen LogP contribution is 2.33. The number of alkyl halides is 3. The van der Waals surface area contributed by atoms with Crippen molar-refractivity contribution in [1.29, 1.82) is 0 Å². The van der Waals surface area contributed by atoms with Crippen molar-refractivity contribution in [3.8, 4) is 11.5 Å². The van der Waals surface area contributed by atoms with Gasteiger partial charge in [-0.05, 0) is 61.6 Å². The number of carbonyl (C=O) groups is 1. The number of rotatable bonds is 11. The summed E-state index contributed by atoms with van der Waals surface area (Å²) in [6, 6.07) is 10.5. The number of aliphatic imine (C=N–C) groups is 1. The maximum atomic E-state index is 13.2. The Morgan fingerprint density at radius 2 is 1.88 bits per heavy atom. The van der Waals surface area contributed by atoms with Crippen LogP contribution in [0.15, 0.2) is 47.5 Å².